The number of aromatic nitrogens is 2. The first-order valence-corrected chi connectivity index (χ1v) is 4.76. The maximum atomic E-state index is 4.21. The van der Waals surface area contributed by atoms with Crippen molar-refractivity contribution < 1.29 is 0 Å². The molecule has 2 rings (SSSR count). The highest BCUT2D eigenvalue weighted by molar-refractivity contribution is 9.09. The molecule has 1 N–H and O–H groups in total. The Kier molecular flexibility index (Phi) is 1.89. The minimum Gasteiger partial charge on any atom is -0.346 e. The van der Waals surface area contributed by atoms with Crippen molar-refractivity contribution in [1.82, 2.24) is 9.97 Å². The van der Waals surface area contributed by atoms with E-state index in [0.29, 0.717) is 4.83 Å². The Balaban J connectivity index is 2.73. The van der Waals surface area contributed by atoms with Crippen LogP contribution in [0.2, 0.25) is 0 Å². The number of nitrogens with zero attached hydrogens (tertiary/aromatic N) is 1. The number of nitrogens with one attached hydrogen (secondary N) is 1. The summed E-state index contributed by atoms with van der Waals surface area (Å²) in [6, 6.07) is 4.09. The summed E-state index contributed by atoms with van der Waals surface area (Å²) in [7, 11) is 0. The molecule has 1 unspecified atom stereocenters. The molecular weight excluding hydrogens is 216 g/mol. The molecule has 0 amide bonds. The lowest BCUT2D eigenvalue weighted by molar-refractivity contribution is 1.13. The lowest BCUT2D eigenvalue weighted by Crippen LogP contribution is -1.86. The zero-order valence-electron chi connectivity index (χ0n) is 6.71. The van der Waals surface area contributed by atoms with Gasteiger partial charge in [0.25, 0.3) is 0 Å². The molecule has 2 aromatic rings. The van der Waals surface area contributed by atoms with E-state index in [-0.39, 0.29) is 0 Å². The SMILES string of the molecule is CC(Br)c1ccnc2[nH]ccc12. The van der Waals surface area contributed by atoms with Gasteiger partial charge in [0, 0.05) is 22.6 Å². The molecule has 0 bridgehead atoms. The first kappa shape index (κ1) is 7.80. The van der Waals surface area contributed by atoms with Gasteiger partial charge in [0.1, 0.15) is 5.65 Å². The number of hydrogen-bond donors (Lipinski definition) is 1. The summed E-state index contributed by atoms with van der Waals surface area (Å²) in [5, 5.41) is 1.20. The molecular formula is C9H9BrN2. The fraction of sp³-hybridized carbons (Fsp3) is 0.222. The molecule has 0 aliphatic carbocycles. The van der Waals surface area contributed by atoms with E-state index >= 15 is 0 Å². The molecule has 0 saturated carbocycles. The van der Waals surface area contributed by atoms with Gasteiger partial charge in [-0.3, -0.25) is 0 Å². The van der Waals surface area contributed by atoms with E-state index in [4.69, 9.17) is 0 Å². The quantitative estimate of drug-likeness (QED) is 0.742. The summed E-state index contributed by atoms with van der Waals surface area (Å²) < 4.78 is 0. The first-order valence-electron chi connectivity index (χ1n) is 3.85. The second-order valence-corrected chi connectivity index (χ2v) is 4.13. The first-order chi connectivity index (χ1) is 5.79. The summed E-state index contributed by atoms with van der Waals surface area (Å²) in [4.78, 5) is 7.66. The molecule has 0 aliphatic rings. The third-order valence-corrected chi connectivity index (χ3v) is 2.42. The van der Waals surface area contributed by atoms with E-state index in [9.17, 15) is 0 Å². The van der Waals surface area contributed by atoms with E-state index in [1.807, 2.05) is 18.5 Å². The van der Waals surface area contributed by atoms with E-state index < -0.39 is 0 Å². The smallest absolute Gasteiger partial charge is 0.137 e. The number of alkyl halides is 1. The normalized spacial score (nSPS) is 13.5. The number of aromatic amines is 1. The molecule has 0 radical (unpaired) electrons. The van der Waals surface area contributed by atoms with Gasteiger partial charge < -0.3 is 4.98 Å². The average Bonchev–Trinajstić information content (AvgIpc) is 2.49. The monoisotopic (exact) mass is 224 g/mol. The molecule has 0 aliphatic heterocycles. The van der Waals surface area contributed by atoms with Crippen molar-refractivity contribution >= 4 is 27.0 Å². The number of rotatable bonds is 1. The Morgan fingerprint density at radius 2 is 2.33 bits per heavy atom. The molecule has 0 spiro atoms. The van der Waals surface area contributed by atoms with Gasteiger partial charge in [0.2, 0.25) is 0 Å². The predicted molar refractivity (Wildman–Crippen MR) is 53.4 cm³/mol. The summed E-state index contributed by atoms with van der Waals surface area (Å²) >= 11 is 3.55. The number of fused-ring (bicyclic) bond motifs is 1. The molecule has 0 aromatic carbocycles. The largest absolute Gasteiger partial charge is 0.346 e. The van der Waals surface area contributed by atoms with Gasteiger partial charge in [-0.25, -0.2) is 4.98 Å². The zero-order valence-corrected chi connectivity index (χ0v) is 8.30. The second-order valence-electron chi connectivity index (χ2n) is 2.76. The Morgan fingerprint density at radius 1 is 1.50 bits per heavy atom. The lowest BCUT2D eigenvalue weighted by atomic mass is 10.1. The van der Waals surface area contributed by atoms with Gasteiger partial charge in [-0.1, -0.05) is 15.9 Å². The highest BCUT2D eigenvalue weighted by Crippen LogP contribution is 2.27. The van der Waals surface area contributed by atoms with Crippen molar-refractivity contribution in [1.29, 1.82) is 0 Å². The van der Waals surface area contributed by atoms with Crippen LogP contribution < -0.4 is 0 Å². The Hall–Kier alpha value is -0.830. The van der Waals surface area contributed by atoms with Gasteiger partial charge in [-0.05, 0) is 24.6 Å². The molecule has 62 valence electrons. The molecule has 0 fully saturated rings. The van der Waals surface area contributed by atoms with E-state index in [0.717, 1.165) is 5.65 Å². The van der Waals surface area contributed by atoms with Crippen LogP contribution in [-0.2, 0) is 0 Å². The minimum absolute atomic E-state index is 0.374. The van der Waals surface area contributed by atoms with E-state index in [2.05, 4.69) is 38.9 Å². The van der Waals surface area contributed by atoms with E-state index in [1.165, 1.54) is 10.9 Å². The van der Waals surface area contributed by atoms with Crippen molar-refractivity contribution in [3.63, 3.8) is 0 Å². The fourth-order valence-corrected chi connectivity index (χ4v) is 1.73. The molecule has 0 saturated heterocycles. The third kappa shape index (κ3) is 1.14. The maximum Gasteiger partial charge on any atom is 0.137 e. The Bertz CT molecular complexity index is 392. The van der Waals surface area contributed by atoms with Crippen molar-refractivity contribution in [2.45, 2.75) is 11.8 Å². The molecule has 3 heteroatoms. The van der Waals surface area contributed by atoms with Gasteiger partial charge in [-0.2, -0.15) is 0 Å². The van der Waals surface area contributed by atoms with Crippen molar-refractivity contribution in [3.8, 4) is 0 Å². The Labute approximate surface area is 79.1 Å². The molecule has 2 aromatic heterocycles. The van der Waals surface area contributed by atoms with Crippen molar-refractivity contribution in [3.05, 3.63) is 30.1 Å². The predicted octanol–water partition coefficient (Wildman–Crippen LogP) is 3.02. The fourth-order valence-electron chi connectivity index (χ4n) is 1.33. The molecule has 1 atom stereocenters. The highest BCUT2D eigenvalue weighted by Gasteiger charge is 2.06. The van der Waals surface area contributed by atoms with Crippen LogP contribution in [0.4, 0.5) is 0 Å². The van der Waals surface area contributed by atoms with Crippen molar-refractivity contribution in [2.24, 2.45) is 0 Å². The van der Waals surface area contributed by atoms with Gasteiger partial charge in [0.05, 0.1) is 0 Å². The third-order valence-electron chi connectivity index (χ3n) is 1.92. The number of pyridine rings is 1. The number of H-pyrrole nitrogens is 1. The van der Waals surface area contributed by atoms with Gasteiger partial charge in [-0.15, -0.1) is 0 Å². The average molecular weight is 225 g/mol. The van der Waals surface area contributed by atoms with Gasteiger partial charge >= 0.3 is 0 Å². The van der Waals surface area contributed by atoms with Gasteiger partial charge in [0.15, 0.2) is 0 Å². The van der Waals surface area contributed by atoms with Crippen LogP contribution in [-0.4, -0.2) is 9.97 Å². The molecule has 2 heterocycles. The van der Waals surface area contributed by atoms with Crippen LogP contribution in [0.5, 0.6) is 0 Å². The second kappa shape index (κ2) is 2.90. The Morgan fingerprint density at radius 3 is 3.08 bits per heavy atom. The topological polar surface area (TPSA) is 28.7 Å². The summed E-state index contributed by atoms with van der Waals surface area (Å²) in [5.74, 6) is 0. The standard InChI is InChI=1S/C9H9BrN2/c1-6(10)7-2-4-11-9-8(7)3-5-12-9/h2-6H,1H3,(H,11,12). The zero-order chi connectivity index (χ0) is 8.55. The highest BCUT2D eigenvalue weighted by atomic mass is 79.9. The number of halogens is 1. The van der Waals surface area contributed by atoms with Crippen LogP contribution in [0.3, 0.4) is 0 Å². The summed E-state index contributed by atoms with van der Waals surface area (Å²) in [6.07, 6.45) is 3.74. The van der Waals surface area contributed by atoms with Crippen LogP contribution in [0.25, 0.3) is 11.0 Å². The summed E-state index contributed by atoms with van der Waals surface area (Å²) in [6.45, 7) is 2.11. The van der Waals surface area contributed by atoms with Crippen LogP contribution in [0.1, 0.15) is 17.3 Å². The number of hydrogen-bond acceptors (Lipinski definition) is 1. The summed E-state index contributed by atoms with van der Waals surface area (Å²) in [5.41, 5.74) is 2.24. The maximum absolute atomic E-state index is 4.21. The molecule has 12 heavy (non-hydrogen) atoms. The van der Waals surface area contributed by atoms with Crippen LogP contribution in [0, 0.1) is 0 Å². The molecule has 2 nitrogen and oxygen atoms in total. The van der Waals surface area contributed by atoms with E-state index in [1.54, 1.807) is 0 Å². The lowest BCUT2D eigenvalue weighted by Gasteiger charge is -2.03. The minimum atomic E-state index is 0.374. The van der Waals surface area contributed by atoms with Crippen molar-refractivity contribution in [2.75, 3.05) is 0 Å². The van der Waals surface area contributed by atoms with Crippen LogP contribution >= 0.6 is 15.9 Å². The van der Waals surface area contributed by atoms with Crippen LogP contribution in [0.15, 0.2) is 24.5 Å².